The van der Waals surface area contributed by atoms with Crippen molar-refractivity contribution in [2.75, 3.05) is 13.1 Å². The Balaban J connectivity index is 2.03. The van der Waals surface area contributed by atoms with E-state index in [4.69, 9.17) is 5.73 Å². The molecule has 2 unspecified atom stereocenters. The Morgan fingerprint density at radius 3 is 2.61 bits per heavy atom. The summed E-state index contributed by atoms with van der Waals surface area (Å²) in [6.45, 7) is 8.07. The van der Waals surface area contributed by atoms with Gasteiger partial charge in [-0.3, -0.25) is 4.90 Å². The standard InChI is InChI=1S/C15H23FN2/c1-11-3-4-18(9-12(11)2)10-14-5-13(8-17)6-15(16)7-14/h5-7,11-12H,3-4,8-10,17H2,1-2H3. The number of hydrogen-bond acceptors (Lipinski definition) is 2. The Bertz CT molecular complexity index is 405. The molecule has 1 aliphatic heterocycles. The van der Waals surface area contributed by atoms with Crippen molar-refractivity contribution < 1.29 is 4.39 Å². The summed E-state index contributed by atoms with van der Waals surface area (Å²) in [6.07, 6.45) is 1.24. The first kappa shape index (κ1) is 13.5. The van der Waals surface area contributed by atoms with Crippen molar-refractivity contribution in [2.24, 2.45) is 17.6 Å². The van der Waals surface area contributed by atoms with Gasteiger partial charge in [0.25, 0.3) is 0 Å². The quantitative estimate of drug-likeness (QED) is 0.893. The number of halogens is 1. The highest BCUT2D eigenvalue weighted by Gasteiger charge is 2.22. The molecule has 3 heteroatoms. The average molecular weight is 250 g/mol. The summed E-state index contributed by atoms with van der Waals surface area (Å²) < 4.78 is 13.4. The van der Waals surface area contributed by atoms with Crippen molar-refractivity contribution in [3.05, 3.63) is 35.1 Å². The van der Waals surface area contributed by atoms with E-state index in [0.29, 0.717) is 6.54 Å². The van der Waals surface area contributed by atoms with Crippen LogP contribution < -0.4 is 5.73 Å². The van der Waals surface area contributed by atoms with Crippen LogP contribution in [0, 0.1) is 17.7 Å². The normalized spacial score (nSPS) is 25.3. The van der Waals surface area contributed by atoms with Gasteiger partial charge in [-0.15, -0.1) is 0 Å². The summed E-state index contributed by atoms with van der Waals surface area (Å²) in [4.78, 5) is 2.42. The molecule has 1 aromatic rings. The van der Waals surface area contributed by atoms with Gasteiger partial charge in [-0.2, -0.15) is 0 Å². The number of likely N-dealkylation sites (tertiary alicyclic amines) is 1. The zero-order valence-electron chi connectivity index (χ0n) is 11.3. The summed E-state index contributed by atoms with van der Waals surface area (Å²) in [6, 6.07) is 5.16. The second-order valence-electron chi connectivity index (χ2n) is 5.65. The van der Waals surface area contributed by atoms with Crippen molar-refractivity contribution in [1.29, 1.82) is 0 Å². The number of nitrogens with zero attached hydrogens (tertiary/aromatic N) is 1. The average Bonchev–Trinajstić information content (AvgIpc) is 2.33. The first-order chi connectivity index (χ1) is 8.58. The number of benzene rings is 1. The summed E-state index contributed by atoms with van der Waals surface area (Å²) >= 11 is 0. The van der Waals surface area contributed by atoms with Crippen LogP contribution in [-0.4, -0.2) is 18.0 Å². The minimum atomic E-state index is -0.175. The third-order valence-electron chi connectivity index (χ3n) is 4.08. The monoisotopic (exact) mass is 250 g/mol. The molecule has 1 fully saturated rings. The lowest BCUT2D eigenvalue weighted by molar-refractivity contribution is 0.132. The molecule has 100 valence electrons. The molecule has 0 spiro atoms. The van der Waals surface area contributed by atoms with Gasteiger partial charge in [-0.05, 0) is 48.1 Å². The van der Waals surface area contributed by atoms with Crippen molar-refractivity contribution in [2.45, 2.75) is 33.4 Å². The van der Waals surface area contributed by atoms with Crippen LogP contribution in [0.25, 0.3) is 0 Å². The number of piperidine rings is 1. The fraction of sp³-hybridized carbons (Fsp3) is 0.600. The second-order valence-corrected chi connectivity index (χ2v) is 5.65. The van der Waals surface area contributed by atoms with Gasteiger partial charge in [0, 0.05) is 19.6 Å². The fourth-order valence-electron chi connectivity index (χ4n) is 2.68. The maximum absolute atomic E-state index is 13.4. The van der Waals surface area contributed by atoms with Gasteiger partial charge in [-0.1, -0.05) is 19.9 Å². The zero-order chi connectivity index (χ0) is 13.1. The van der Waals surface area contributed by atoms with Crippen molar-refractivity contribution in [1.82, 2.24) is 4.90 Å². The van der Waals surface area contributed by atoms with Gasteiger partial charge in [0.15, 0.2) is 0 Å². The Hall–Kier alpha value is -0.930. The zero-order valence-corrected chi connectivity index (χ0v) is 11.3. The summed E-state index contributed by atoms with van der Waals surface area (Å²) in [5.41, 5.74) is 7.50. The van der Waals surface area contributed by atoms with Gasteiger partial charge in [0.1, 0.15) is 5.82 Å². The van der Waals surface area contributed by atoms with E-state index in [1.807, 2.05) is 6.07 Å². The molecule has 2 atom stereocenters. The third-order valence-corrected chi connectivity index (χ3v) is 4.08. The molecule has 0 aliphatic carbocycles. The molecule has 1 saturated heterocycles. The highest BCUT2D eigenvalue weighted by Crippen LogP contribution is 2.24. The Labute approximate surface area is 109 Å². The van der Waals surface area contributed by atoms with Crippen LogP contribution >= 0.6 is 0 Å². The van der Waals surface area contributed by atoms with Crippen molar-refractivity contribution in [3.63, 3.8) is 0 Å². The first-order valence-corrected chi connectivity index (χ1v) is 6.79. The maximum atomic E-state index is 13.4. The number of nitrogens with two attached hydrogens (primary N) is 1. The Morgan fingerprint density at radius 2 is 1.94 bits per heavy atom. The first-order valence-electron chi connectivity index (χ1n) is 6.79. The van der Waals surface area contributed by atoms with E-state index in [-0.39, 0.29) is 5.82 Å². The lowest BCUT2D eigenvalue weighted by atomic mass is 9.88. The molecule has 0 radical (unpaired) electrons. The van der Waals surface area contributed by atoms with Gasteiger partial charge >= 0.3 is 0 Å². The van der Waals surface area contributed by atoms with E-state index in [1.165, 1.54) is 12.5 Å². The summed E-state index contributed by atoms with van der Waals surface area (Å²) in [5.74, 6) is 1.35. The van der Waals surface area contributed by atoms with Crippen molar-refractivity contribution >= 4 is 0 Å². The Kier molecular flexibility index (Phi) is 4.36. The van der Waals surface area contributed by atoms with Crippen LogP contribution in [0.5, 0.6) is 0 Å². The second kappa shape index (κ2) is 5.81. The molecule has 2 nitrogen and oxygen atoms in total. The van der Waals surface area contributed by atoms with Crippen LogP contribution in [0.4, 0.5) is 4.39 Å². The molecule has 0 saturated carbocycles. The van der Waals surface area contributed by atoms with Crippen LogP contribution in [0.3, 0.4) is 0 Å². The minimum absolute atomic E-state index is 0.175. The Morgan fingerprint density at radius 1 is 1.22 bits per heavy atom. The third kappa shape index (κ3) is 3.30. The molecule has 0 amide bonds. The lowest BCUT2D eigenvalue weighted by Crippen LogP contribution is -2.37. The van der Waals surface area contributed by atoms with Crippen LogP contribution in [0.2, 0.25) is 0 Å². The molecule has 1 aliphatic rings. The van der Waals surface area contributed by atoms with E-state index >= 15 is 0 Å². The predicted octanol–water partition coefficient (Wildman–Crippen LogP) is 2.76. The summed E-state index contributed by atoms with van der Waals surface area (Å²) in [5, 5.41) is 0. The SMILES string of the molecule is CC1CCN(Cc2cc(F)cc(CN)c2)CC1C. The molecule has 0 bridgehead atoms. The predicted molar refractivity (Wildman–Crippen MR) is 72.5 cm³/mol. The molecule has 1 heterocycles. The molecule has 18 heavy (non-hydrogen) atoms. The van der Waals surface area contributed by atoms with E-state index in [9.17, 15) is 4.39 Å². The topological polar surface area (TPSA) is 29.3 Å². The largest absolute Gasteiger partial charge is 0.326 e. The maximum Gasteiger partial charge on any atom is 0.123 e. The van der Waals surface area contributed by atoms with Gasteiger partial charge < -0.3 is 5.73 Å². The van der Waals surface area contributed by atoms with Crippen LogP contribution in [0.1, 0.15) is 31.4 Å². The van der Waals surface area contributed by atoms with Gasteiger partial charge in [0.05, 0.1) is 0 Å². The van der Waals surface area contributed by atoms with Crippen molar-refractivity contribution in [3.8, 4) is 0 Å². The smallest absolute Gasteiger partial charge is 0.123 e. The van der Waals surface area contributed by atoms with E-state index in [1.54, 1.807) is 6.07 Å². The molecular formula is C15H23FN2. The van der Waals surface area contributed by atoms with E-state index < -0.39 is 0 Å². The highest BCUT2D eigenvalue weighted by atomic mass is 19.1. The van der Waals surface area contributed by atoms with Gasteiger partial charge in [-0.25, -0.2) is 4.39 Å². The lowest BCUT2D eigenvalue weighted by Gasteiger charge is -2.35. The number of rotatable bonds is 3. The van der Waals surface area contributed by atoms with Crippen LogP contribution in [-0.2, 0) is 13.1 Å². The van der Waals surface area contributed by atoms with Crippen LogP contribution in [0.15, 0.2) is 18.2 Å². The molecule has 1 aromatic carbocycles. The molecule has 2 rings (SSSR count). The van der Waals surface area contributed by atoms with E-state index in [0.717, 1.165) is 42.6 Å². The van der Waals surface area contributed by atoms with Gasteiger partial charge in [0.2, 0.25) is 0 Å². The van der Waals surface area contributed by atoms with E-state index in [2.05, 4.69) is 18.7 Å². The minimum Gasteiger partial charge on any atom is -0.326 e. The molecule has 0 aromatic heterocycles. The molecular weight excluding hydrogens is 227 g/mol. The number of hydrogen-bond donors (Lipinski definition) is 1. The highest BCUT2D eigenvalue weighted by molar-refractivity contribution is 5.24. The summed E-state index contributed by atoms with van der Waals surface area (Å²) in [7, 11) is 0. The fourth-order valence-corrected chi connectivity index (χ4v) is 2.68. The molecule has 2 N–H and O–H groups in total.